The van der Waals surface area contributed by atoms with E-state index >= 15 is 0 Å². The maximum atomic E-state index is 13.2. The molecule has 1 aromatic rings. The molecule has 0 fully saturated rings. The molecule has 1 unspecified atom stereocenters. The van der Waals surface area contributed by atoms with Gasteiger partial charge in [-0.3, -0.25) is 0 Å². The molecule has 21 heavy (non-hydrogen) atoms. The molecule has 4 heteroatoms. The van der Waals surface area contributed by atoms with Crippen LogP contribution in [0.2, 0.25) is 0 Å². The van der Waals surface area contributed by atoms with Crippen molar-refractivity contribution < 1.29 is 9.18 Å². The summed E-state index contributed by atoms with van der Waals surface area (Å²) >= 11 is 0. The Morgan fingerprint density at radius 1 is 1.29 bits per heavy atom. The second-order valence-electron chi connectivity index (χ2n) is 5.97. The summed E-state index contributed by atoms with van der Waals surface area (Å²) in [5.74, 6) is 0.369. The summed E-state index contributed by atoms with van der Waals surface area (Å²) in [6.45, 7) is 9.33. The highest BCUT2D eigenvalue weighted by atomic mass is 19.1. The first-order valence-electron chi connectivity index (χ1n) is 7.72. The fourth-order valence-electron chi connectivity index (χ4n) is 2.14. The minimum atomic E-state index is -0.269. The summed E-state index contributed by atoms with van der Waals surface area (Å²) in [5, 5.41) is 3.01. The number of nitrogens with zero attached hydrogens (tertiary/aromatic N) is 1. The number of hydrogen-bond donors (Lipinski definition) is 1. The first kappa shape index (κ1) is 17.5. The third-order valence-electron chi connectivity index (χ3n) is 3.48. The third kappa shape index (κ3) is 6.61. The molecule has 1 rings (SSSR count). The molecule has 0 spiro atoms. The lowest BCUT2D eigenvalue weighted by Crippen LogP contribution is -2.43. The Kier molecular flexibility index (Phi) is 7.20. The van der Waals surface area contributed by atoms with Gasteiger partial charge in [-0.25, -0.2) is 9.18 Å². The maximum Gasteiger partial charge on any atom is 0.317 e. The van der Waals surface area contributed by atoms with Crippen molar-refractivity contribution in [1.82, 2.24) is 10.2 Å². The van der Waals surface area contributed by atoms with E-state index in [0.717, 1.165) is 18.4 Å². The number of halogens is 1. The monoisotopic (exact) mass is 294 g/mol. The summed E-state index contributed by atoms with van der Waals surface area (Å²) in [6, 6.07) is 6.45. The van der Waals surface area contributed by atoms with Crippen LogP contribution in [0.4, 0.5) is 9.18 Å². The second kappa shape index (κ2) is 8.65. The Balaban J connectivity index is 2.53. The molecule has 118 valence electrons. The molecule has 0 aliphatic rings. The van der Waals surface area contributed by atoms with Crippen molar-refractivity contribution in [2.75, 3.05) is 6.54 Å². The van der Waals surface area contributed by atoms with E-state index in [9.17, 15) is 9.18 Å². The van der Waals surface area contributed by atoms with Crippen molar-refractivity contribution in [2.24, 2.45) is 5.92 Å². The van der Waals surface area contributed by atoms with Crippen LogP contribution >= 0.6 is 0 Å². The van der Waals surface area contributed by atoms with Crippen LogP contribution in [0, 0.1) is 11.7 Å². The van der Waals surface area contributed by atoms with E-state index in [-0.39, 0.29) is 17.9 Å². The van der Waals surface area contributed by atoms with Gasteiger partial charge in [0.15, 0.2) is 0 Å². The van der Waals surface area contributed by atoms with Crippen LogP contribution in [0.25, 0.3) is 0 Å². The number of nitrogens with one attached hydrogen (secondary N) is 1. The van der Waals surface area contributed by atoms with Crippen molar-refractivity contribution in [3.05, 3.63) is 35.6 Å². The van der Waals surface area contributed by atoms with Crippen LogP contribution in [-0.2, 0) is 6.54 Å². The molecule has 1 aromatic carbocycles. The summed E-state index contributed by atoms with van der Waals surface area (Å²) in [6.07, 6.45) is 2.07. The van der Waals surface area contributed by atoms with Crippen molar-refractivity contribution in [1.29, 1.82) is 0 Å². The molecule has 0 radical (unpaired) electrons. The number of carbonyl (C=O) groups is 1. The lowest BCUT2D eigenvalue weighted by molar-refractivity contribution is 0.193. The van der Waals surface area contributed by atoms with Gasteiger partial charge in [-0.05, 0) is 50.3 Å². The lowest BCUT2D eigenvalue weighted by Gasteiger charge is -2.24. The molecule has 0 bridgehead atoms. The van der Waals surface area contributed by atoms with Crippen LogP contribution in [0.3, 0.4) is 0 Å². The van der Waals surface area contributed by atoms with Gasteiger partial charge in [-0.1, -0.05) is 26.0 Å². The minimum absolute atomic E-state index is 0.0852. The lowest BCUT2D eigenvalue weighted by atomic mass is 10.0. The standard InChI is InChI=1S/C17H27FN2O/c1-5-20(12-15-7-6-8-16(18)11-15)17(21)19-14(4)10-9-13(2)3/h6-8,11,13-14H,5,9-10,12H2,1-4H3,(H,19,21). The van der Waals surface area contributed by atoms with E-state index in [0.29, 0.717) is 19.0 Å². The maximum absolute atomic E-state index is 13.2. The molecule has 0 heterocycles. The second-order valence-corrected chi connectivity index (χ2v) is 5.97. The fraction of sp³-hybridized carbons (Fsp3) is 0.588. The molecule has 1 N–H and O–H groups in total. The van der Waals surface area contributed by atoms with Crippen molar-refractivity contribution in [2.45, 2.75) is 53.1 Å². The topological polar surface area (TPSA) is 32.3 Å². The molecular formula is C17H27FN2O. The van der Waals surface area contributed by atoms with Crippen LogP contribution in [0.1, 0.15) is 46.1 Å². The Labute approximate surface area is 127 Å². The van der Waals surface area contributed by atoms with Crippen LogP contribution in [0.5, 0.6) is 0 Å². The van der Waals surface area contributed by atoms with Gasteiger partial charge in [0.05, 0.1) is 0 Å². The van der Waals surface area contributed by atoms with Crippen molar-refractivity contribution in [3.63, 3.8) is 0 Å². The molecular weight excluding hydrogens is 267 g/mol. The molecule has 1 atom stereocenters. The molecule has 0 saturated carbocycles. The quantitative estimate of drug-likeness (QED) is 0.804. The smallest absolute Gasteiger partial charge is 0.317 e. The average molecular weight is 294 g/mol. The molecule has 0 aliphatic heterocycles. The fourth-order valence-corrected chi connectivity index (χ4v) is 2.14. The van der Waals surface area contributed by atoms with Gasteiger partial charge in [0.2, 0.25) is 0 Å². The molecule has 0 saturated heterocycles. The zero-order chi connectivity index (χ0) is 15.8. The highest BCUT2D eigenvalue weighted by Gasteiger charge is 2.15. The van der Waals surface area contributed by atoms with Gasteiger partial charge >= 0.3 is 6.03 Å². The third-order valence-corrected chi connectivity index (χ3v) is 3.48. The zero-order valence-corrected chi connectivity index (χ0v) is 13.5. The first-order chi connectivity index (χ1) is 9.92. The van der Waals surface area contributed by atoms with E-state index < -0.39 is 0 Å². The molecule has 0 aromatic heterocycles. The molecule has 2 amide bonds. The van der Waals surface area contributed by atoms with E-state index in [4.69, 9.17) is 0 Å². The van der Waals surface area contributed by atoms with Crippen LogP contribution in [-0.4, -0.2) is 23.5 Å². The van der Waals surface area contributed by atoms with E-state index in [1.54, 1.807) is 11.0 Å². The van der Waals surface area contributed by atoms with Gasteiger partial charge in [-0.2, -0.15) is 0 Å². The number of rotatable bonds is 7. The summed E-state index contributed by atoms with van der Waals surface area (Å²) in [5.41, 5.74) is 0.807. The number of hydrogen-bond acceptors (Lipinski definition) is 1. The van der Waals surface area contributed by atoms with E-state index in [1.807, 2.05) is 19.9 Å². The zero-order valence-electron chi connectivity index (χ0n) is 13.5. The average Bonchev–Trinajstić information content (AvgIpc) is 2.42. The number of benzene rings is 1. The predicted molar refractivity (Wildman–Crippen MR) is 84.5 cm³/mol. The Hall–Kier alpha value is -1.58. The largest absolute Gasteiger partial charge is 0.336 e. The van der Waals surface area contributed by atoms with Gasteiger partial charge in [0, 0.05) is 19.1 Å². The SMILES string of the molecule is CCN(Cc1cccc(F)c1)C(=O)NC(C)CCC(C)C. The summed E-state index contributed by atoms with van der Waals surface area (Å²) in [4.78, 5) is 13.9. The minimum Gasteiger partial charge on any atom is -0.336 e. The van der Waals surface area contributed by atoms with Crippen LogP contribution in [0.15, 0.2) is 24.3 Å². The van der Waals surface area contributed by atoms with Gasteiger partial charge < -0.3 is 10.2 Å². The van der Waals surface area contributed by atoms with Crippen molar-refractivity contribution >= 4 is 6.03 Å². The van der Waals surface area contributed by atoms with Crippen LogP contribution < -0.4 is 5.32 Å². The summed E-state index contributed by atoms with van der Waals surface area (Å²) < 4.78 is 13.2. The Bertz CT molecular complexity index is 448. The first-order valence-corrected chi connectivity index (χ1v) is 7.72. The molecule has 3 nitrogen and oxygen atoms in total. The highest BCUT2D eigenvalue weighted by molar-refractivity contribution is 5.74. The summed E-state index contributed by atoms with van der Waals surface area (Å²) in [7, 11) is 0. The normalized spacial score (nSPS) is 12.3. The Morgan fingerprint density at radius 2 is 2.00 bits per heavy atom. The van der Waals surface area contributed by atoms with Gasteiger partial charge in [-0.15, -0.1) is 0 Å². The predicted octanol–water partition coefficient (Wildman–Crippen LogP) is 4.18. The highest BCUT2D eigenvalue weighted by Crippen LogP contribution is 2.09. The van der Waals surface area contributed by atoms with E-state index in [2.05, 4.69) is 19.2 Å². The Morgan fingerprint density at radius 3 is 2.57 bits per heavy atom. The van der Waals surface area contributed by atoms with Crippen molar-refractivity contribution in [3.8, 4) is 0 Å². The molecule has 0 aliphatic carbocycles. The van der Waals surface area contributed by atoms with E-state index in [1.165, 1.54) is 12.1 Å². The number of urea groups is 1. The van der Waals surface area contributed by atoms with Gasteiger partial charge in [0.25, 0.3) is 0 Å². The number of amides is 2. The van der Waals surface area contributed by atoms with Gasteiger partial charge in [0.1, 0.15) is 5.82 Å². The number of carbonyl (C=O) groups excluding carboxylic acids is 1.